The molecule has 0 fully saturated rings. The van der Waals surface area contributed by atoms with E-state index in [1.54, 1.807) is 19.1 Å². The van der Waals surface area contributed by atoms with Crippen LogP contribution in [0.5, 0.6) is 0 Å². The summed E-state index contributed by atoms with van der Waals surface area (Å²) in [5.41, 5.74) is 0.606. The monoisotopic (exact) mass is 226 g/mol. The van der Waals surface area contributed by atoms with Crippen LogP contribution >= 0.6 is 7.92 Å². The van der Waals surface area contributed by atoms with Crippen LogP contribution in [0, 0.1) is 0 Å². The van der Waals surface area contributed by atoms with E-state index in [9.17, 15) is 4.79 Å². The number of hydrogen-bond donors (Lipinski definition) is 0. The van der Waals surface area contributed by atoms with Gasteiger partial charge < -0.3 is 4.74 Å². The average Bonchev–Trinajstić information content (AvgIpc) is 2.19. The summed E-state index contributed by atoms with van der Waals surface area (Å²) in [6.07, 6.45) is 0. The Labute approximate surface area is 93.4 Å². The SMILES string of the molecule is CCOC(=O)c1ccccc1.CP(C)C. The van der Waals surface area contributed by atoms with Gasteiger partial charge in [0.25, 0.3) is 0 Å². The number of hydrogen-bond acceptors (Lipinski definition) is 2. The van der Waals surface area contributed by atoms with Gasteiger partial charge in [0, 0.05) is 0 Å². The number of benzene rings is 1. The van der Waals surface area contributed by atoms with Crippen LogP contribution in [0.2, 0.25) is 0 Å². The van der Waals surface area contributed by atoms with E-state index in [1.165, 1.54) is 0 Å². The third-order valence-electron chi connectivity index (χ3n) is 1.28. The maximum absolute atomic E-state index is 11.0. The fourth-order valence-electron chi connectivity index (χ4n) is 0.789. The summed E-state index contributed by atoms with van der Waals surface area (Å²) in [6, 6.07) is 8.96. The van der Waals surface area contributed by atoms with Crippen molar-refractivity contribution in [2.45, 2.75) is 6.92 Å². The number of esters is 1. The molecule has 2 nitrogen and oxygen atoms in total. The number of carbonyl (C=O) groups is 1. The first-order valence-corrected chi connectivity index (χ1v) is 7.59. The second-order valence-corrected chi connectivity index (χ2v) is 6.11. The van der Waals surface area contributed by atoms with Crippen molar-refractivity contribution in [1.29, 1.82) is 0 Å². The zero-order valence-corrected chi connectivity index (χ0v) is 10.8. The van der Waals surface area contributed by atoms with Crippen molar-refractivity contribution >= 4 is 13.9 Å². The van der Waals surface area contributed by atoms with Crippen molar-refractivity contribution < 1.29 is 9.53 Å². The highest BCUT2D eigenvalue weighted by Crippen LogP contribution is 2.14. The minimum Gasteiger partial charge on any atom is -0.462 e. The second-order valence-electron chi connectivity index (χ2n) is 3.43. The molecule has 0 atom stereocenters. The molecule has 0 aliphatic carbocycles. The van der Waals surface area contributed by atoms with Crippen molar-refractivity contribution in [3.63, 3.8) is 0 Å². The minimum absolute atomic E-state index is 0.256. The van der Waals surface area contributed by atoms with Crippen molar-refractivity contribution in [3.8, 4) is 0 Å². The van der Waals surface area contributed by atoms with Crippen LogP contribution < -0.4 is 0 Å². The molecule has 1 aromatic carbocycles. The molecule has 0 saturated heterocycles. The maximum atomic E-state index is 11.0. The van der Waals surface area contributed by atoms with Crippen molar-refractivity contribution in [1.82, 2.24) is 0 Å². The van der Waals surface area contributed by atoms with E-state index < -0.39 is 0 Å². The molecule has 15 heavy (non-hydrogen) atoms. The average molecular weight is 226 g/mol. The van der Waals surface area contributed by atoms with Crippen LogP contribution in [-0.2, 0) is 4.74 Å². The Kier molecular flexibility index (Phi) is 7.94. The number of ether oxygens (including phenoxy) is 1. The first-order chi connectivity index (χ1) is 7.07. The summed E-state index contributed by atoms with van der Waals surface area (Å²) < 4.78 is 4.79. The Morgan fingerprint density at radius 3 is 2.07 bits per heavy atom. The highest BCUT2D eigenvalue weighted by molar-refractivity contribution is 7.55. The smallest absolute Gasteiger partial charge is 0.338 e. The lowest BCUT2D eigenvalue weighted by molar-refractivity contribution is 0.0526. The largest absolute Gasteiger partial charge is 0.462 e. The van der Waals surface area contributed by atoms with E-state index >= 15 is 0 Å². The summed E-state index contributed by atoms with van der Waals surface area (Å²) in [6.45, 7) is 8.91. The third-order valence-corrected chi connectivity index (χ3v) is 1.28. The summed E-state index contributed by atoms with van der Waals surface area (Å²) >= 11 is 0. The molecule has 0 heterocycles. The maximum Gasteiger partial charge on any atom is 0.338 e. The topological polar surface area (TPSA) is 26.3 Å². The van der Waals surface area contributed by atoms with E-state index in [0.717, 1.165) is 0 Å². The molecular weight excluding hydrogens is 207 g/mol. The van der Waals surface area contributed by atoms with Gasteiger partial charge in [0.05, 0.1) is 12.2 Å². The molecule has 84 valence electrons. The number of carbonyl (C=O) groups excluding carboxylic acids is 1. The molecule has 1 rings (SSSR count). The number of rotatable bonds is 2. The molecular formula is C12H19O2P. The van der Waals surface area contributed by atoms with E-state index in [0.29, 0.717) is 20.1 Å². The summed E-state index contributed by atoms with van der Waals surface area (Å²) in [5.74, 6) is -0.256. The molecule has 3 heteroatoms. The van der Waals surface area contributed by atoms with Crippen LogP contribution in [0.3, 0.4) is 0 Å². The van der Waals surface area contributed by atoms with Crippen LogP contribution in [0.25, 0.3) is 0 Å². The van der Waals surface area contributed by atoms with Crippen molar-refractivity contribution in [3.05, 3.63) is 35.9 Å². The Hall–Kier alpha value is -0.880. The van der Waals surface area contributed by atoms with Gasteiger partial charge in [0.1, 0.15) is 0 Å². The molecule has 0 spiro atoms. The van der Waals surface area contributed by atoms with Crippen molar-refractivity contribution in [2.24, 2.45) is 0 Å². The first kappa shape index (κ1) is 14.1. The molecule has 0 unspecified atom stereocenters. The summed E-state index contributed by atoms with van der Waals surface area (Å²) in [5, 5.41) is 0. The minimum atomic E-state index is -0.256. The molecule has 1 aromatic rings. The fraction of sp³-hybridized carbons (Fsp3) is 0.417. The van der Waals surface area contributed by atoms with Crippen molar-refractivity contribution in [2.75, 3.05) is 26.6 Å². The lowest BCUT2D eigenvalue weighted by Crippen LogP contribution is -2.03. The van der Waals surface area contributed by atoms with Crippen LogP contribution in [0.4, 0.5) is 0 Å². The zero-order chi connectivity index (χ0) is 11.7. The second kappa shape index (κ2) is 8.43. The van der Waals surface area contributed by atoms with E-state index in [2.05, 4.69) is 20.0 Å². The lowest BCUT2D eigenvalue weighted by atomic mass is 10.2. The van der Waals surface area contributed by atoms with Gasteiger partial charge in [-0.2, -0.15) is 0 Å². The summed E-state index contributed by atoms with van der Waals surface area (Å²) in [4.78, 5) is 11.0. The normalized spacial score (nSPS) is 9.13. The van der Waals surface area contributed by atoms with Gasteiger partial charge >= 0.3 is 5.97 Å². The van der Waals surface area contributed by atoms with Gasteiger partial charge in [-0.05, 0) is 39.1 Å². The molecule has 0 aromatic heterocycles. The molecule has 0 aliphatic rings. The Morgan fingerprint density at radius 1 is 1.20 bits per heavy atom. The third kappa shape index (κ3) is 8.14. The van der Waals surface area contributed by atoms with Gasteiger partial charge in [0.2, 0.25) is 0 Å². The van der Waals surface area contributed by atoms with Gasteiger partial charge in [-0.3, -0.25) is 0 Å². The van der Waals surface area contributed by atoms with Gasteiger partial charge in [-0.15, -0.1) is 7.92 Å². The fourth-order valence-corrected chi connectivity index (χ4v) is 0.789. The van der Waals surface area contributed by atoms with E-state index in [4.69, 9.17) is 4.74 Å². The zero-order valence-electron chi connectivity index (χ0n) is 9.86. The molecule has 0 aliphatic heterocycles. The van der Waals surface area contributed by atoms with Crippen LogP contribution in [-0.4, -0.2) is 32.6 Å². The quantitative estimate of drug-likeness (QED) is 0.571. The molecule has 0 amide bonds. The summed E-state index contributed by atoms with van der Waals surface area (Å²) in [7, 11) is 0.380. The van der Waals surface area contributed by atoms with Crippen LogP contribution in [0.1, 0.15) is 17.3 Å². The van der Waals surface area contributed by atoms with Crippen LogP contribution in [0.15, 0.2) is 30.3 Å². The molecule has 0 N–H and O–H groups in total. The lowest BCUT2D eigenvalue weighted by Gasteiger charge is -1.99. The Bertz CT molecular complexity index is 267. The predicted octanol–water partition coefficient (Wildman–Crippen LogP) is 3.22. The standard InChI is InChI=1S/C9H10O2.C3H9P/c1-2-11-9(10)8-6-4-3-5-7-8;1-4(2)3/h3-7H,2H2,1H3;1-3H3. The Morgan fingerprint density at radius 2 is 1.67 bits per heavy atom. The predicted molar refractivity (Wildman–Crippen MR) is 67.1 cm³/mol. The highest BCUT2D eigenvalue weighted by Gasteiger charge is 2.02. The van der Waals surface area contributed by atoms with Gasteiger partial charge in [-0.25, -0.2) is 4.79 Å². The highest BCUT2D eigenvalue weighted by atomic mass is 31.1. The van der Waals surface area contributed by atoms with E-state index in [1.807, 2.05) is 18.2 Å². The van der Waals surface area contributed by atoms with Gasteiger partial charge in [-0.1, -0.05) is 18.2 Å². The Balaban J connectivity index is 0.000000423. The van der Waals surface area contributed by atoms with E-state index in [-0.39, 0.29) is 5.97 Å². The molecule has 0 radical (unpaired) electrons. The molecule has 0 saturated carbocycles. The molecule has 0 bridgehead atoms. The van der Waals surface area contributed by atoms with Gasteiger partial charge in [0.15, 0.2) is 0 Å². The first-order valence-electron chi connectivity index (χ1n) is 4.91.